The van der Waals surface area contributed by atoms with E-state index in [2.05, 4.69) is 4.98 Å². The third-order valence-electron chi connectivity index (χ3n) is 3.15. The number of pyridine rings is 1. The van der Waals surface area contributed by atoms with Gasteiger partial charge in [0.1, 0.15) is 5.82 Å². The summed E-state index contributed by atoms with van der Waals surface area (Å²) in [5, 5.41) is 3.08. The lowest BCUT2D eigenvalue weighted by molar-refractivity contribution is -0.0221. The van der Waals surface area contributed by atoms with E-state index >= 15 is 0 Å². The Hall–Kier alpha value is -1.23. The fraction of sp³-hybridized carbons (Fsp3) is 0.417. The van der Waals surface area contributed by atoms with Gasteiger partial charge in [-0.2, -0.15) is 0 Å². The monoisotopic (exact) mass is 254 g/mol. The van der Waals surface area contributed by atoms with Crippen molar-refractivity contribution in [2.45, 2.75) is 18.8 Å². The van der Waals surface area contributed by atoms with Gasteiger partial charge in [0.2, 0.25) is 0 Å². The molecule has 1 aliphatic rings. The third-order valence-corrected chi connectivity index (χ3v) is 4.04. The van der Waals surface area contributed by atoms with E-state index in [1.807, 2.05) is 22.4 Å². The smallest absolute Gasteiger partial charge is 0.251 e. The van der Waals surface area contributed by atoms with E-state index in [0.717, 1.165) is 15.9 Å². The molecule has 0 radical (unpaired) electrons. The summed E-state index contributed by atoms with van der Waals surface area (Å²) in [5.74, 6) is -1.65. The van der Waals surface area contributed by atoms with Crippen LogP contribution >= 0.6 is 11.3 Å². The first-order valence-corrected chi connectivity index (χ1v) is 6.49. The number of thiophene rings is 1. The van der Waals surface area contributed by atoms with Crippen LogP contribution < -0.4 is 4.90 Å². The summed E-state index contributed by atoms with van der Waals surface area (Å²) in [4.78, 5) is 6.30. The summed E-state index contributed by atoms with van der Waals surface area (Å²) >= 11 is 1.65. The number of anilines is 1. The van der Waals surface area contributed by atoms with Crippen molar-refractivity contribution >= 4 is 27.2 Å². The molecule has 2 aromatic rings. The Morgan fingerprint density at radius 2 is 2.00 bits per heavy atom. The zero-order chi connectivity index (χ0) is 11.9. The van der Waals surface area contributed by atoms with Crippen molar-refractivity contribution in [3.05, 3.63) is 23.7 Å². The van der Waals surface area contributed by atoms with Gasteiger partial charge in [0.25, 0.3) is 5.92 Å². The van der Waals surface area contributed by atoms with Crippen molar-refractivity contribution in [2.75, 3.05) is 18.0 Å². The number of piperidine rings is 1. The second-order valence-corrected chi connectivity index (χ2v) is 5.26. The normalized spacial score (nSPS) is 19.8. The number of hydrogen-bond acceptors (Lipinski definition) is 3. The summed E-state index contributed by atoms with van der Waals surface area (Å²) in [7, 11) is 0. The molecule has 5 heteroatoms. The van der Waals surface area contributed by atoms with Gasteiger partial charge in [0.15, 0.2) is 0 Å². The fourth-order valence-corrected chi connectivity index (χ4v) is 2.95. The number of hydrogen-bond donors (Lipinski definition) is 0. The zero-order valence-corrected chi connectivity index (χ0v) is 10.0. The van der Waals surface area contributed by atoms with Crippen LogP contribution in [0, 0.1) is 0 Å². The highest BCUT2D eigenvalue weighted by Gasteiger charge is 2.34. The molecule has 0 unspecified atom stereocenters. The fourth-order valence-electron chi connectivity index (χ4n) is 2.18. The van der Waals surface area contributed by atoms with Gasteiger partial charge < -0.3 is 4.90 Å². The van der Waals surface area contributed by atoms with Crippen LogP contribution in [0.5, 0.6) is 0 Å². The largest absolute Gasteiger partial charge is 0.356 e. The van der Waals surface area contributed by atoms with Crippen LogP contribution in [0.2, 0.25) is 0 Å². The lowest BCUT2D eigenvalue weighted by Crippen LogP contribution is -2.39. The number of aromatic nitrogens is 1. The molecule has 0 bridgehead atoms. The molecule has 17 heavy (non-hydrogen) atoms. The van der Waals surface area contributed by atoms with E-state index in [-0.39, 0.29) is 12.8 Å². The number of halogens is 2. The van der Waals surface area contributed by atoms with Gasteiger partial charge in [0, 0.05) is 42.2 Å². The van der Waals surface area contributed by atoms with Crippen molar-refractivity contribution < 1.29 is 8.78 Å². The first-order valence-electron chi connectivity index (χ1n) is 5.61. The lowest BCUT2D eigenvalue weighted by Gasteiger charge is -2.32. The van der Waals surface area contributed by atoms with E-state index < -0.39 is 5.92 Å². The quantitative estimate of drug-likeness (QED) is 0.774. The maximum atomic E-state index is 13.1. The van der Waals surface area contributed by atoms with Gasteiger partial charge in [-0.25, -0.2) is 13.8 Å². The van der Waals surface area contributed by atoms with Crippen molar-refractivity contribution in [3.63, 3.8) is 0 Å². The molecule has 0 atom stereocenters. The zero-order valence-electron chi connectivity index (χ0n) is 9.20. The molecule has 0 N–H and O–H groups in total. The van der Waals surface area contributed by atoms with Gasteiger partial charge in [-0.1, -0.05) is 0 Å². The standard InChI is InChI=1S/C12H12F2N2S/c13-12(14)3-6-16(7-4-12)11-9-2-8-17-10(9)1-5-15-11/h1-2,5,8H,3-4,6-7H2. The molecule has 2 nitrogen and oxygen atoms in total. The van der Waals surface area contributed by atoms with Gasteiger partial charge in [-0.15, -0.1) is 11.3 Å². The van der Waals surface area contributed by atoms with Crippen LogP contribution in [0.3, 0.4) is 0 Å². The molecule has 0 spiro atoms. The van der Waals surface area contributed by atoms with E-state index in [0.29, 0.717) is 13.1 Å². The first-order chi connectivity index (χ1) is 8.16. The van der Waals surface area contributed by atoms with Crippen LogP contribution in [-0.2, 0) is 0 Å². The molecule has 0 aromatic carbocycles. The van der Waals surface area contributed by atoms with E-state index in [4.69, 9.17) is 0 Å². The summed E-state index contributed by atoms with van der Waals surface area (Å²) in [6, 6.07) is 3.97. The Labute approximate surface area is 102 Å². The Balaban J connectivity index is 1.92. The van der Waals surface area contributed by atoms with Crippen molar-refractivity contribution in [1.82, 2.24) is 4.98 Å². The summed E-state index contributed by atoms with van der Waals surface area (Å²) in [5.41, 5.74) is 0. The number of fused-ring (bicyclic) bond motifs is 1. The minimum Gasteiger partial charge on any atom is -0.356 e. The number of rotatable bonds is 1. The number of alkyl halides is 2. The van der Waals surface area contributed by atoms with Gasteiger partial charge in [0.05, 0.1) is 0 Å². The average molecular weight is 254 g/mol. The predicted molar refractivity (Wildman–Crippen MR) is 66.0 cm³/mol. The lowest BCUT2D eigenvalue weighted by atomic mass is 10.1. The maximum Gasteiger partial charge on any atom is 0.251 e. The Kier molecular flexibility index (Phi) is 2.50. The molecule has 3 heterocycles. The Morgan fingerprint density at radius 1 is 1.24 bits per heavy atom. The first kappa shape index (κ1) is 10.9. The molecule has 0 saturated carbocycles. The predicted octanol–water partition coefficient (Wildman–Crippen LogP) is 3.53. The third kappa shape index (κ3) is 1.99. The second kappa shape index (κ2) is 3.91. The molecule has 90 valence electrons. The SMILES string of the molecule is FC1(F)CCN(c2nccc3sccc23)CC1. The molecule has 0 amide bonds. The molecular weight excluding hydrogens is 242 g/mol. The van der Waals surface area contributed by atoms with Crippen LogP contribution in [-0.4, -0.2) is 24.0 Å². The van der Waals surface area contributed by atoms with Gasteiger partial charge in [-0.3, -0.25) is 0 Å². The highest BCUT2D eigenvalue weighted by Crippen LogP contribution is 2.33. The molecule has 1 saturated heterocycles. The molecular formula is C12H12F2N2S. The Bertz CT molecular complexity index is 528. The topological polar surface area (TPSA) is 16.1 Å². The average Bonchev–Trinajstić information content (AvgIpc) is 2.77. The van der Waals surface area contributed by atoms with Gasteiger partial charge in [-0.05, 0) is 17.5 Å². The summed E-state index contributed by atoms with van der Waals surface area (Å²) < 4.78 is 27.4. The summed E-state index contributed by atoms with van der Waals surface area (Å²) in [6.07, 6.45) is 1.60. The van der Waals surface area contributed by atoms with Gasteiger partial charge >= 0.3 is 0 Å². The van der Waals surface area contributed by atoms with Crippen molar-refractivity contribution in [1.29, 1.82) is 0 Å². The van der Waals surface area contributed by atoms with Crippen LogP contribution in [0.25, 0.3) is 10.1 Å². The minimum absolute atomic E-state index is 0.0742. The van der Waals surface area contributed by atoms with E-state index in [1.165, 1.54) is 0 Å². The number of nitrogens with zero attached hydrogens (tertiary/aromatic N) is 2. The second-order valence-electron chi connectivity index (χ2n) is 4.31. The maximum absolute atomic E-state index is 13.1. The van der Waals surface area contributed by atoms with Crippen LogP contribution in [0.15, 0.2) is 23.7 Å². The Morgan fingerprint density at radius 3 is 2.76 bits per heavy atom. The molecule has 1 aliphatic heterocycles. The van der Waals surface area contributed by atoms with E-state index in [1.54, 1.807) is 17.5 Å². The highest BCUT2D eigenvalue weighted by atomic mass is 32.1. The minimum atomic E-state index is -2.50. The molecule has 1 fully saturated rings. The molecule has 2 aromatic heterocycles. The van der Waals surface area contributed by atoms with Crippen LogP contribution in [0.4, 0.5) is 14.6 Å². The molecule has 0 aliphatic carbocycles. The van der Waals surface area contributed by atoms with E-state index in [9.17, 15) is 8.78 Å². The van der Waals surface area contributed by atoms with Crippen LogP contribution in [0.1, 0.15) is 12.8 Å². The molecule has 3 rings (SSSR count). The van der Waals surface area contributed by atoms with Crippen molar-refractivity contribution in [3.8, 4) is 0 Å². The van der Waals surface area contributed by atoms with Crippen molar-refractivity contribution in [2.24, 2.45) is 0 Å². The summed E-state index contributed by atoms with van der Waals surface area (Å²) in [6.45, 7) is 0.768. The highest BCUT2D eigenvalue weighted by molar-refractivity contribution is 7.17.